The summed E-state index contributed by atoms with van der Waals surface area (Å²) in [5, 5.41) is 4.27. The Kier molecular flexibility index (Phi) is 3.56. The van der Waals surface area contributed by atoms with Crippen LogP contribution >= 0.6 is 15.9 Å². The van der Waals surface area contributed by atoms with Crippen molar-refractivity contribution < 1.29 is 4.79 Å². The number of ketones is 1. The Bertz CT molecular complexity index is 717. The van der Waals surface area contributed by atoms with Crippen molar-refractivity contribution in [1.82, 2.24) is 14.3 Å². The summed E-state index contributed by atoms with van der Waals surface area (Å²) in [6, 6.07) is 7.16. The number of carbonyl (C=O) groups is 1. The number of fused-ring (bicyclic) bond motifs is 1. The maximum absolute atomic E-state index is 12.2. The third kappa shape index (κ3) is 2.47. The summed E-state index contributed by atoms with van der Waals surface area (Å²) in [5.74, 6) is 0.687. The number of carbonyl (C=O) groups excluding carboxylic acids is 1. The highest BCUT2D eigenvalue weighted by atomic mass is 79.9. The predicted octanol–water partition coefficient (Wildman–Crippen LogP) is 2.03. The van der Waals surface area contributed by atoms with Gasteiger partial charge in [-0.15, -0.1) is 0 Å². The van der Waals surface area contributed by atoms with Crippen molar-refractivity contribution in [2.45, 2.75) is 32.4 Å². The molecule has 104 valence electrons. The minimum Gasteiger partial charge on any atom is -0.292 e. The van der Waals surface area contributed by atoms with E-state index < -0.39 is 0 Å². The molecule has 2 heterocycles. The summed E-state index contributed by atoms with van der Waals surface area (Å²) in [5.41, 5.74) is 0.403. The Morgan fingerprint density at radius 3 is 2.95 bits per heavy atom. The summed E-state index contributed by atoms with van der Waals surface area (Å²) in [7, 11) is 0. The van der Waals surface area contributed by atoms with Gasteiger partial charge >= 0.3 is 5.69 Å². The highest BCUT2D eigenvalue weighted by Gasteiger charge is 2.18. The van der Waals surface area contributed by atoms with E-state index in [2.05, 4.69) is 21.0 Å². The van der Waals surface area contributed by atoms with Crippen molar-refractivity contribution in [3.63, 3.8) is 0 Å². The highest BCUT2D eigenvalue weighted by molar-refractivity contribution is 9.10. The zero-order valence-electron chi connectivity index (χ0n) is 10.9. The molecule has 5 nitrogen and oxygen atoms in total. The van der Waals surface area contributed by atoms with E-state index in [1.807, 2.05) is 6.07 Å². The quantitative estimate of drug-likeness (QED) is 0.806. The molecule has 1 aromatic carbocycles. The smallest absolute Gasteiger partial charge is 0.292 e. The van der Waals surface area contributed by atoms with Crippen molar-refractivity contribution >= 4 is 21.7 Å². The lowest BCUT2D eigenvalue weighted by atomic mass is 10.1. The van der Waals surface area contributed by atoms with Crippen LogP contribution in [0.25, 0.3) is 0 Å². The molecule has 0 fully saturated rings. The fraction of sp³-hybridized carbons (Fsp3) is 0.357. The lowest BCUT2D eigenvalue weighted by Gasteiger charge is -2.09. The van der Waals surface area contributed by atoms with E-state index in [9.17, 15) is 9.59 Å². The second kappa shape index (κ2) is 5.36. The molecule has 1 aromatic heterocycles. The molecule has 3 rings (SSSR count). The number of hydrogen-bond acceptors (Lipinski definition) is 3. The van der Waals surface area contributed by atoms with Crippen LogP contribution in [0.5, 0.6) is 0 Å². The molecule has 0 bridgehead atoms. The minimum absolute atomic E-state index is 0.00468. The van der Waals surface area contributed by atoms with E-state index in [0.717, 1.165) is 29.6 Å². The third-order valence-electron chi connectivity index (χ3n) is 3.47. The Morgan fingerprint density at radius 1 is 1.35 bits per heavy atom. The molecule has 0 unspecified atom stereocenters. The summed E-state index contributed by atoms with van der Waals surface area (Å²) in [6.07, 6.45) is 2.86. The van der Waals surface area contributed by atoms with Gasteiger partial charge in [0.15, 0.2) is 5.78 Å². The van der Waals surface area contributed by atoms with Gasteiger partial charge in [-0.05, 0) is 25.0 Å². The normalized spacial score (nSPS) is 14.1. The standard InChI is InChI=1S/C14H14BrN3O2/c15-11-5-3-4-10(8-11)12(19)9-18-14(20)17-7-2-1-6-13(17)16-18/h3-5,8H,1-2,6-7,9H2. The van der Waals surface area contributed by atoms with Crippen LogP contribution in [0.3, 0.4) is 0 Å². The molecule has 1 aliphatic heterocycles. The monoisotopic (exact) mass is 335 g/mol. The van der Waals surface area contributed by atoms with Gasteiger partial charge in [0.1, 0.15) is 12.4 Å². The van der Waals surface area contributed by atoms with Crippen molar-refractivity contribution in [1.29, 1.82) is 0 Å². The van der Waals surface area contributed by atoms with E-state index >= 15 is 0 Å². The molecule has 6 heteroatoms. The van der Waals surface area contributed by atoms with Gasteiger partial charge in [0.25, 0.3) is 0 Å². The fourth-order valence-electron chi connectivity index (χ4n) is 2.44. The van der Waals surface area contributed by atoms with Crippen LogP contribution < -0.4 is 5.69 Å². The SMILES string of the molecule is O=C(Cn1nc2n(c1=O)CCCC2)c1cccc(Br)c1. The van der Waals surface area contributed by atoms with Crippen LogP contribution in [0.1, 0.15) is 29.0 Å². The Balaban J connectivity index is 1.86. The molecule has 0 radical (unpaired) electrons. The molecule has 0 aliphatic carbocycles. The van der Waals surface area contributed by atoms with E-state index in [1.165, 1.54) is 4.68 Å². The van der Waals surface area contributed by atoms with Gasteiger partial charge in [-0.3, -0.25) is 9.36 Å². The van der Waals surface area contributed by atoms with E-state index in [4.69, 9.17) is 0 Å². The molecule has 0 atom stereocenters. The van der Waals surface area contributed by atoms with Crippen LogP contribution in [0.4, 0.5) is 0 Å². The van der Waals surface area contributed by atoms with Gasteiger partial charge in [0.05, 0.1) is 0 Å². The molecule has 0 N–H and O–H groups in total. The first-order chi connectivity index (χ1) is 9.65. The number of nitrogens with zero attached hydrogens (tertiary/aromatic N) is 3. The van der Waals surface area contributed by atoms with Crippen LogP contribution in [0.2, 0.25) is 0 Å². The number of rotatable bonds is 3. The van der Waals surface area contributed by atoms with Crippen LogP contribution in [0.15, 0.2) is 33.5 Å². The number of aryl methyl sites for hydroxylation is 1. The second-order valence-electron chi connectivity index (χ2n) is 4.90. The number of hydrogen-bond donors (Lipinski definition) is 0. The Labute approximate surface area is 124 Å². The van der Waals surface area contributed by atoms with E-state index in [-0.39, 0.29) is 18.0 Å². The first kappa shape index (κ1) is 13.3. The van der Waals surface area contributed by atoms with Crippen LogP contribution in [-0.2, 0) is 19.5 Å². The number of benzene rings is 1. The highest BCUT2D eigenvalue weighted by Crippen LogP contribution is 2.13. The number of halogens is 1. The topological polar surface area (TPSA) is 56.9 Å². The predicted molar refractivity (Wildman–Crippen MR) is 77.9 cm³/mol. The van der Waals surface area contributed by atoms with E-state index in [0.29, 0.717) is 12.1 Å². The van der Waals surface area contributed by atoms with Crippen LogP contribution in [0, 0.1) is 0 Å². The van der Waals surface area contributed by atoms with Crippen molar-refractivity contribution in [2.75, 3.05) is 0 Å². The first-order valence-corrected chi connectivity index (χ1v) is 7.40. The Morgan fingerprint density at radius 2 is 2.20 bits per heavy atom. The molecular formula is C14H14BrN3O2. The van der Waals surface area contributed by atoms with Gasteiger partial charge in [-0.1, -0.05) is 28.1 Å². The zero-order valence-corrected chi connectivity index (χ0v) is 12.5. The lowest BCUT2D eigenvalue weighted by molar-refractivity contribution is 0.0966. The van der Waals surface area contributed by atoms with Gasteiger partial charge in [0, 0.05) is 23.0 Å². The number of Topliss-reactive ketones (excluding diaryl/α,β-unsaturated/α-hetero) is 1. The lowest BCUT2D eigenvalue weighted by Crippen LogP contribution is -2.29. The average molecular weight is 336 g/mol. The molecule has 0 spiro atoms. The molecule has 0 saturated heterocycles. The molecule has 20 heavy (non-hydrogen) atoms. The molecule has 1 aliphatic rings. The summed E-state index contributed by atoms with van der Waals surface area (Å²) >= 11 is 3.34. The molecular weight excluding hydrogens is 322 g/mol. The van der Waals surface area contributed by atoms with Gasteiger partial charge in [0.2, 0.25) is 0 Å². The van der Waals surface area contributed by atoms with Crippen molar-refractivity contribution in [3.8, 4) is 0 Å². The van der Waals surface area contributed by atoms with Gasteiger partial charge < -0.3 is 0 Å². The third-order valence-corrected chi connectivity index (χ3v) is 3.96. The molecule has 0 amide bonds. The Hall–Kier alpha value is -1.69. The van der Waals surface area contributed by atoms with E-state index in [1.54, 1.807) is 22.8 Å². The zero-order chi connectivity index (χ0) is 14.1. The molecule has 2 aromatic rings. The largest absolute Gasteiger partial charge is 0.346 e. The fourth-order valence-corrected chi connectivity index (χ4v) is 2.84. The maximum Gasteiger partial charge on any atom is 0.346 e. The van der Waals surface area contributed by atoms with Crippen molar-refractivity contribution in [3.05, 3.63) is 50.6 Å². The average Bonchev–Trinajstić information content (AvgIpc) is 2.76. The maximum atomic E-state index is 12.2. The number of aromatic nitrogens is 3. The summed E-state index contributed by atoms with van der Waals surface area (Å²) in [4.78, 5) is 24.4. The summed E-state index contributed by atoms with van der Waals surface area (Å²) in [6.45, 7) is 0.703. The second-order valence-corrected chi connectivity index (χ2v) is 5.81. The van der Waals surface area contributed by atoms with Gasteiger partial charge in [-0.2, -0.15) is 5.10 Å². The van der Waals surface area contributed by atoms with Gasteiger partial charge in [-0.25, -0.2) is 9.48 Å². The minimum atomic E-state index is -0.178. The summed E-state index contributed by atoms with van der Waals surface area (Å²) < 4.78 is 3.81. The molecule has 0 saturated carbocycles. The first-order valence-electron chi connectivity index (χ1n) is 6.60. The van der Waals surface area contributed by atoms with Crippen LogP contribution in [-0.4, -0.2) is 20.1 Å². The van der Waals surface area contributed by atoms with Crippen molar-refractivity contribution in [2.24, 2.45) is 0 Å².